The zero-order chi connectivity index (χ0) is 9.05. The fourth-order valence-corrected chi connectivity index (χ4v) is 4.67. The number of nitrogens with two attached hydrogens (primary N) is 1. The Hall–Kier alpha value is -0.0400. The first-order valence-corrected chi connectivity index (χ1v) is 5.98. The van der Waals surface area contributed by atoms with Crippen molar-refractivity contribution in [2.75, 3.05) is 0 Å². The SMILES string of the molecule is CC(N)C12CCC3CC1CCC3C2. The van der Waals surface area contributed by atoms with Crippen LogP contribution in [0.1, 0.15) is 45.4 Å². The minimum absolute atomic E-state index is 0.446. The summed E-state index contributed by atoms with van der Waals surface area (Å²) in [5.74, 6) is 3.15. The van der Waals surface area contributed by atoms with Gasteiger partial charge in [-0.15, -0.1) is 0 Å². The predicted molar refractivity (Wildman–Crippen MR) is 54.3 cm³/mol. The summed E-state index contributed by atoms with van der Waals surface area (Å²) in [6.07, 6.45) is 8.93. The molecule has 5 aliphatic rings. The molecule has 0 radical (unpaired) electrons. The van der Waals surface area contributed by atoms with Crippen molar-refractivity contribution in [3.8, 4) is 0 Å². The Morgan fingerprint density at radius 3 is 2.62 bits per heavy atom. The zero-order valence-electron chi connectivity index (χ0n) is 8.63. The number of fused-ring (bicyclic) bond motifs is 2. The molecule has 74 valence electrons. The average molecular weight is 179 g/mol. The van der Waals surface area contributed by atoms with Crippen molar-refractivity contribution in [3.63, 3.8) is 0 Å². The summed E-state index contributed by atoms with van der Waals surface area (Å²) in [6.45, 7) is 2.25. The Morgan fingerprint density at radius 1 is 1.23 bits per heavy atom. The lowest BCUT2D eigenvalue weighted by Gasteiger charge is -2.62. The maximum Gasteiger partial charge on any atom is 0.00697 e. The van der Waals surface area contributed by atoms with Crippen LogP contribution in [0.25, 0.3) is 0 Å². The Balaban J connectivity index is 1.96. The van der Waals surface area contributed by atoms with Gasteiger partial charge >= 0.3 is 0 Å². The lowest BCUT2D eigenvalue weighted by Crippen LogP contribution is -2.57. The third-order valence-electron chi connectivity index (χ3n) is 5.48. The first-order chi connectivity index (χ1) is 6.22. The van der Waals surface area contributed by atoms with Crippen LogP contribution in [0.2, 0.25) is 0 Å². The molecule has 5 unspecified atom stereocenters. The lowest BCUT2D eigenvalue weighted by molar-refractivity contribution is -0.105. The van der Waals surface area contributed by atoms with Gasteiger partial charge in [-0.05, 0) is 68.6 Å². The summed E-state index contributed by atoms with van der Waals surface area (Å²) in [6, 6.07) is 0.446. The van der Waals surface area contributed by atoms with Crippen molar-refractivity contribution < 1.29 is 0 Å². The van der Waals surface area contributed by atoms with Crippen LogP contribution in [0.5, 0.6) is 0 Å². The standard InChI is InChI=1S/C12H21N/c1-8(13)12-5-4-9-6-11(12)3-2-10(9)7-12/h8-11H,2-7,13H2,1H3. The van der Waals surface area contributed by atoms with Crippen molar-refractivity contribution in [1.29, 1.82) is 0 Å². The van der Waals surface area contributed by atoms with Crippen LogP contribution in [0.15, 0.2) is 0 Å². The summed E-state index contributed by atoms with van der Waals surface area (Å²) < 4.78 is 0. The zero-order valence-corrected chi connectivity index (χ0v) is 8.63. The fourth-order valence-electron chi connectivity index (χ4n) is 4.67. The minimum atomic E-state index is 0.446. The third kappa shape index (κ3) is 0.918. The van der Waals surface area contributed by atoms with E-state index in [0.29, 0.717) is 11.5 Å². The first kappa shape index (κ1) is 8.28. The number of rotatable bonds is 1. The highest BCUT2D eigenvalue weighted by molar-refractivity contribution is 5.07. The highest BCUT2D eigenvalue weighted by atomic mass is 14.7. The second-order valence-corrected chi connectivity index (χ2v) is 5.79. The van der Waals surface area contributed by atoms with Gasteiger partial charge in [0.05, 0.1) is 0 Å². The predicted octanol–water partition coefficient (Wildman–Crippen LogP) is 2.55. The van der Waals surface area contributed by atoms with Gasteiger partial charge in [-0.3, -0.25) is 0 Å². The van der Waals surface area contributed by atoms with Gasteiger partial charge in [0.15, 0.2) is 0 Å². The molecule has 4 bridgehead atoms. The third-order valence-corrected chi connectivity index (χ3v) is 5.48. The summed E-state index contributed by atoms with van der Waals surface area (Å²) in [7, 11) is 0. The molecule has 0 aliphatic heterocycles. The van der Waals surface area contributed by atoms with E-state index in [2.05, 4.69) is 6.92 Å². The smallest absolute Gasteiger partial charge is 0.00697 e. The number of hydrogen-bond donors (Lipinski definition) is 1. The van der Waals surface area contributed by atoms with Crippen LogP contribution in [-0.2, 0) is 0 Å². The lowest BCUT2D eigenvalue weighted by atomic mass is 9.44. The van der Waals surface area contributed by atoms with Crippen LogP contribution in [0.4, 0.5) is 0 Å². The Labute approximate surface area is 81.1 Å². The van der Waals surface area contributed by atoms with Gasteiger partial charge in [-0.1, -0.05) is 0 Å². The molecule has 0 amide bonds. The van der Waals surface area contributed by atoms with Crippen LogP contribution >= 0.6 is 0 Å². The molecule has 2 N–H and O–H groups in total. The van der Waals surface area contributed by atoms with Crippen molar-refractivity contribution >= 4 is 0 Å². The van der Waals surface area contributed by atoms with Gasteiger partial charge < -0.3 is 5.73 Å². The van der Waals surface area contributed by atoms with Crippen molar-refractivity contribution in [2.24, 2.45) is 28.9 Å². The van der Waals surface area contributed by atoms with Crippen molar-refractivity contribution in [1.82, 2.24) is 0 Å². The van der Waals surface area contributed by atoms with E-state index in [9.17, 15) is 0 Å². The molecule has 5 aliphatic carbocycles. The fraction of sp³-hybridized carbons (Fsp3) is 1.00. The largest absolute Gasteiger partial charge is 0.327 e. The second-order valence-electron chi connectivity index (χ2n) is 5.79. The van der Waals surface area contributed by atoms with E-state index in [1.807, 2.05) is 0 Å². The van der Waals surface area contributed by atoms with Gasteiger partial charge in [0.1, 0.15) is 0 Å². The molecule has 0 heterocycles. The molecule has 0 spiro atoms. The quantitative estimate of drug-likeness (QED) is 0.657. The van der Waals surface area contributed by atoms with Gasteiger partial charge in [-0.2, -0.15) is 0 Å². The highest BCUT2D eigenvalue weighted by Gasteiger charge is 2.55. The first-order valence-electron chi connectivity index (χ1n) is 5.98. The van der Waals surface area contributed by atoms with Crippen LogP contribution in [0, 0.1) is 23.2 Å². The van der Waals surface area contributed by atoms with E-state index in [1.165, 1.54) is 38.5 Å². The topological polar surface area (TPSA) is 26.0 Å². The molecule has 5 fully saturated rings. The van der Waals surface area contributed by atoms with Crippen molar-refractivity contribution in [2.45, 2.75) is 51.5 Å². The van der Waals surface area contributed by atoms with Gasteiger partial charge in [0, 0.05) is 6.04 Å². The Kier molecular flexibility index (Phi) is 1.59. The molecular weight excluding hydrogens is 158 g/mol. The monoisotopic (exact) mass is 179 g/mol. The molecule has 5 rings (SSSR count). The molecule has 0 aromatic rings. The highest BCUT2D eigenvalue weighted by Crippen LogP contribution is 2.63. The summed E-state index contributed by atoms with van der Waals surface area (Å²) in [5, 5.41) is 0. The molecule has 0 aromatic heterocycles. The van der Waals surface area contributed by atoms with Crippen LogP contribution in [-0.4, -0.2) is 6.04 Å². The molecule has 0 aromatic carbocycles. The Morgan fingerprint density at radius 2 is 2.08 bits per heavy atom. The molecular formula is C12H21N. The van der Waals surface area contributed by atoms with Gasteiger partial charge in [0.2, 0.25) is 0 Å². The van der Waals surface area contributed by atoms with Crippen LogP contribution in [0.3, 0.4) is 0 Å². The molecule has 13 heavy (non-hydrogen) atoms. The van der Waals surface area contributed by atoms with Crippen molar-refractivity contribution in [3.05, 3.63) is 0 Å². The summed E-state index contributed by atoms with van der Waals surface area (Å²) in [4.78, 5) is 0. The molecule has 1 nitrogen and oxygen atoms in total. The summed E-state index contributed by atoms with van der Waals surface area (Å²) in [5.41, 5.74) is 6.80. The van der Waals surface area contributed by atoms with Gasteiger partial charge in [0.25, 0.3) is 0 Å². The van der Waals surface area contributed by atoms with E-state index in [-0.39, 0.29) is 0 Å². The molecule has 5 atom stereocenters. The van der Waals surface area contributed by atoms with E-state index in [0.717, 1.165) is 17.8 Å². The molecule has 5 saturated carbocycles. The molecule has 0 saturated heterocycles. The molecule has 1 heteroatoms. The normalized spacial score (nSPS) is 55.4. The van der Waals surface area contributed by atoms with E-state index in [4.69, 9.17) is 5.73 Å². The maximum absolute atomic E-state index is 6.22. The second kappa shape index (κ2) is 2.50. The number of hydrogen-bond acceptors (Lipinski definition) is 1. The summed E-state index contributed by atoms with van der Waals surface area (Å²) >= 11 is 0. The average Bonchev–Trinajstić information content (AvgIpc) is 2.18. The van der Waals surface area contributed by atoms with Crippen LogP contribution < -0.4 is 5.73 Å². The van der Waals surface area contributed by atoms with E-state index < -0.39 is 0 Å². The Bertz CT molecular complexity index is 223. The minimum Gasteiger partial charge on any atom is -0.327 e. The maximum atomic E-state index is 6.22. The van der Waals surface area contributed by atoms with E-state index >= 15 is 0 Å². The van der Waals surface area contributed by atoms with E-state index in [1.54, 1.807) is 0 Å². The van der Waals surface area contributed by atoms with Gasteiger partial charge in [-0.25, -0.2) is 0 Å².